The minimum Gasteiger partial charge on any atom is -0.404 e. The Morgan fingerprint density at radius 3 is 2.96 bits per heavy atom. The topological polar surface area (TPSA) is 118 Å². The molecular formula is C17H16N6O3. The van der Waals surface area contributed by atoms with Crippen LogP contribution in [0.5, 0.6) is 0 Å². The number of hydrogen-bond donors (Lipinski definition) is 3. The van der Waals surface area contributed by atoms with Gasteiger partial charge >= 0.3 is 6.01 Å². The number of imidazole rings is 1. The highest BCUT2D eigenvalue weighted by atomic mass is 16.4. The van der Waals surface area contributed by atoms with E-state index >= 15 is 0 Å². The lowest BCUT2D eigenvalue weighted by atomic mass is 10.2. The van der Waals surface area contributed by atoms with Crippen molar-refractivity contribution >= 4 is 40.1 Å². The Morgan fingerprint density at radius 1 is 1.27 bits per heavy atom. The summed E-state index contributed by atoms with van der Waals surface area (Å²) in [6.45, 7) is 0.0999. The summed E-state index contributed by atoms with van der Waals surface area (Å²) < 4.78 is 7.40. The van der Waals surface area contributed by atoms with Crippen molar-refractivity contribution in [3.8, 4) is 0 Å². The molecular weight excluding hydrogens is 336 g/mol. The van der Waals surface area contributed by atoms with Gasteiger partial charge in [-0.25, -0.2) is 9.97 Å². The molecule has 0 fully saturated rings. The monoisotopic (exact) mass is 352 g/mol. The Morgan fingerprint density at radius 2 is 2.15 bits per heavy atom. The molecule has 0 spiro atoms. The molecule has 0 bridgehead atoms. The normalized spacial score (nSPS) is 11.2. The molecule has 0 saturated carbocycles. The minimum atomic E-state index is -0.258. The van der Waals surface area contributed by atoms with Crippen LogP contribution in [0.3, 0.4) is 0 Å². The van der Waals surface area contributed by atoms with Crippen molar-refractivity contribution in [1.82, 2.24) is 24.8 Å². The fraction of sp³-hybridized carbons (Fsp3) is 0.176. The van der Waals surface area contributed by atoms with Crippen LogP contribution in [0.1, 0.15) is 10.4 Å². The van der Waals surface area contributed by atoms with E-state index in [0.717, 1.165) is 5.52 Å². The number of carbonyl (C=O) groups excluding carboxylic acids is 1. The number of nitrogens with zero attached hydrogens (tertiary/aromatic N) is 4. The number of nitrogens with one attached hydrogen (secondary N) is 2. The molecule has 0 aliphatic rings. The first-order chi connectivity index (χ1) is 12.7. The molecule has 26 heavy (non-hydrogen) atoms. The van der Waals surface area contributed by atoms with Crippen LogP contribution >= 0.6 is 0 Å². The highest BCUT2D eigenvalue weighted by molar-refractivity contribution is 5.97. The second kappa shape index (κ2) is 6.45. The number of amides is 1. The predicted octanol–water partition coefficient (Wildman–Crippen LogP) is 1.58. The molecule has 0 unspecified atom stereocenters. The number of aliphatic hydroxyl groups excluding tert-OH is 1. The first-order valence-corrected chi connectivity index (χ1v) is 8.00. The van der Waals surface area contributed by atoms with Crippen LogP contribution in [0.25, 0.3) is 22.3 Å². The van der Waals surface area contributed by atoms with Crippen molar-refractivity contribution in [2.75, 3.05) is 18.5 Å². The average Bonchev–Trinajstić information content (AvgIpc) is 3.20. The summed E-state index contributed by atoms with van der Waals surface area (Å²) in [5, 5.41) is 14.5. The van der Waals surface area contributed by atoms with E-state index in [1.54, 1.807) is 24.4 Å². The van der Waals surface area contributed by atoms with Crippen LogP contribution < -0.4 is 10.6 Å². The van der Waals surface area contributed by atoms with Gasteiger partial charge in [-0.05, 0) is 30.3 Å². The molecule has 9 heteroatoms. The molecule has 0 saturated heterocycles. The van der Waals surface area contributed by atoms with Gasteiger partial charge in [-0.15, -0.1) is 0 Å². The first-order valence-electron chi connectivity index (χ1n) is 8.00. The number of rotatable bonds is 5. The molecule has 3 aromatic heterocycles. The zero-order chi connectivity index (χ0) is 18.1. The van der Waals surface area contributed by atoms with E-state index in [1.807, 2.05) is 23.7 Å². The molecule has 0 radical (unpaired) electrons. The maximum Gasteiger partial charge on any atom is 0.304 e. The molecule has 0 aliphatic heterocycles. The third kappa shape index (κ3) is 2.84. The number of aryl methyl sites for hydroxylation is 1. The molecule has 4 rings (SSSR count). The number of benzene rings is 1. The van der Waals surface area contributed by atoms with Gasteiger partial charge in [0.25, 0.3) is 5.91 Å². The third-order valence-electron chi connectivity index (χ3n) is 3.93. The van der Waals surface area contributed by atoms with Gasteiger partial charge in [-0.3, -0.25) is 10.1 Å². The van der Waals surface area contributed by atoms with Crippen LogP contribution in [0, 0.1) is 0 Å². The van der Waals surface area contributed by atoms with Crippen LogP contribution in [0.15, 0.2) is 40.9 Å². The van der Waals surface area contributed by atoms with Gasteiger partial charge in [0.05, 0.1) is 17.6 Å². The summed E-state index contributed by atoms with van der Waals surface area (Å²) >= 11 is 0. The van der Waals surface area contributed by atoms with E-state index in [2.05, 4.69) is 25.6 Å². The zero-order valence-corrected chi connectivity index (χ0v) is 13.9. The quantitative estimate of drug-likeness (QED) is 0.499. The second-order valence-corrected chi connectivity index (χ2v) is 5.65. The summed E-state index contributed by atoms with van der Waals surface area (Å²) in [4.78, 5) is 25.0. The number of aliphatic hydroxyl groups is 1. The van der Waals surface area contributed by atoms with Gasteiger partial charge < -0.3 is 19.4 Å². The molecule has 1 aromatic carbocycles. The van der Waals surface area contributed by atoms with Crippen molar-refractivity contribution in [2.45, 2.75) is 0 Å². The zero-order valence-electron chi connectivity index (χ0n) is 13.9. The number of oxazole rings is 1. The van der Waals surface area contributed by atoms with E-state index in [4.69, 9.17) is 9.52 Å². The Balaban J connectivity index is 1.65. The van der Waals surface area contributed by atoms with Gasteiger partial charge in [-0.2, -0.15) is 4.98 Å². The number of carbonyl (C=O) groups is 1. The molecule has 4 aromatic rings. The van der Waals surface area contributed by atoms with E-state index in [9.17, 15) is 4.79 Å². The standard InChI is InChI=1S/C17H16N6O3/c1-23-13-5-4-10(14(25)18-7-8-24)9-12(13)20-16(23)22-17-21-11-3-2-6-19-15(11)26-17/h2-6,9,24H,7-8H2,1H3,(H,18,25)(H,20,21,22). The van der Waals surface area contributed by atoms with Crippen LogP contribution in [-0.4, -0.2) is 43.7 Å². The summed E-state index contributed by atoms with van der Waals surface area (Å²) in [5.74, 6) is 0.269. The summed E-state index contributed by atoms with van der Waals surface area (Å²) in [5.41, 5.74) is 3.07. The van der Waals surface area contributed by atoms with Crippen molar-refractivity contribution in [1.29, 1.82) is 0 Å². The lowest BCUT2D eigenvalue weighted by molar-refractivity contribution is 0.0945. The van der Waals surface area contributed by atoms with Gasteiger partial charge in [0.15, 0.2) is 0 Å². The maximum absolute atomic E-state index is 12.0. The highest BCUT2D eigenvalue weighted by Crippen LogP contribution is 2.24. The predicted molar refractivity (Wildman–Crippen MR) is 95.2 cm³/mol. The summed E-state index contributed by atoms with van der Waals surface area (Å²) in [6.07, 6.45) is 1.63. The molecule has 1 amide bonds. The van der Waals surface area contributed by atoms with E-state index in [1.165, 1.54) is 0 Å². The fourth-order valence-corrected chi connectivity index (χ4v) is 2.64. The van der Waals surface area contributed by atoms with Gasteiger partial charge in [0.2, 0.25) is 11.7 Å². The molecule has 3 heterocycles. The number of hydrogen-bond acceptors (Lipinski definition) is 7. The van der Waals surface area contributed by atoms with Crippen LogP contribution in [-0.2, 0) is 7.05 Å². The minimum absolute atomic E-state index is 0.106. The van der Waals surface area contributed by atoms with Gasteiger partial charge in [0.1, 0.15) is 5.52 Å². The van der Waals surface area contributed by atoms with E-state index < -0.39 is 0 Å². The average molecular weight is 352 g/mol. The second-order valence-electron chi connectivity index (χ2n) is 5.65. The van der Waals surface area contributed by atoms with E-state index in [-0.39, 0.29) is 25.1 Å². The Kier molecular flexibility index (Phi) is 3.98. The fourth-order valence-electron chi connectivity index (χ4n) is 2.64. The molecule has 132 valence electrons. The smallest absolute Gasteiger partial charge is 0.304 e. The van der Waals surface area contributed by atoms with Crippen LogP contribution in [0.4, 0.5) is 12.0 Å². The molecule has 0 aliphatic carbocycles. The van der Waals surface area contributed by atoms with Crippen LogP contribution in [0.2, 0.25) is 0 Å². The van der Waals surface area contributed by atoms with E-state index in [0.29, 0.717) is 28.3 Å². The number of aromatic nitrogens is 4. The maximum atomic E-state index is 12.0. The first kappa shape index (κ1) is 16.0. The summed E-state index contributed by atoms with van der Waals surface area (Å²) in [7, 11) is 1.85. The summed E-state index contributed by atoms with van der Waals surface area (Å²) in [6, 6.07) is 9.11. The van der Waals surface area contributed by atoms with Crippen molar-refractivity contribution in [3.63, 3.8) is 0 Å². The number of anilines is 2. The molecule has 3 N–H and O–H groups in total. The molecule has 9 nitrogen and oxygen atoms in total. The largest absolute Gasteiger partial charge is 0.404 e. The van der Waals surface area contributed by atoms with Crippen molar-refractivity contribution < 1.29 is 14.3 Å². The Bertz CT molecular complexity index is 1070. The molecule has 0 atom stereocenters. The lowest BCUT2D eigenvalue weighted by Crippen LogP contribution is -2.26. The SMILES string of the molecule is Cn1c(Nc2nc3cccnc3o2)nc2cc(C(=O)NCCO)ccc21. The Hall–Kier alpha value is -3.46. The Labute approximate surface area is 147 Å². The van der Waals surface area contributed by atoms with Crippen molar-refractivity contribution in [3.05, 3.63) is 42.1 Å². The third-order valence-corrected chi connectivity index (χ3v) is 3.93. The number of pyridine rings is 1. The van der Waals surface area contributed by atoms with Gasteiger partial charge in [-0.1, -0.05) is 0 Å². The lowest BCUT2D eigenvalue weighted by Gasteiger charge is -2.03. The van der Waals surface area contributed by atoms with Crippen molar-refractivity contribution in [2.24, 2.45) is 7.05 Å². The van der Waals surface area contributed by atoms with Gasteiger partial charge in [0, 0.05) is 25.4 Å². The number of fused-ring (bicyclic) bond motifs is 2. The highest BCUT2D eigenvalue weighted by Gasteiger charge is 2.14.